The highest BCUT2D eigenvalue weighted by Crippen LogP contribution is 2.48. The van der Waals surface area contributed by atoms with Crippen LogP contribution in [0.3, 0.4) is 0 Å². The monoisotopic (exact) mass is 423 g/mol. The van der Waals surface area contributed by atoms with Crippen molar-refractivity contribution in [2.45, 2.75) is 31.9 Å². The number of aliphatic hydroxyl groups is 1. The van der Waals surface area contributed by atoms with Crippen LogP contribution in [0.4, 0.5) is 14.5 Å². The molecule has 3 unspecified atom stereocenters. The molecule has 2 N–H and O–H groups in total. The Balaban J connectivity index is 1.59. The van der Waals surface area contributed by atoms with Crippen molar-refractivity contribution >= 4 is 11.6 Å². The zero-order chi connectivity index (χ0) is 22.1. The minimum atomic E-state index is -0.833. The number of nitrogens with zero attached hydrogens (tertiary/aromatic N) is 1. The van der Waals surface area contributed by atoms with E-state index in [9.17, 15) is 23.8 Å². The summed E-state index contributed by atoms with van der Waals surface area (Å²) in [6.07, 6.45) is -0.143. The van der Waals surface area contributed by atoms with Crippen molar-refractivity contribution in [3.05, 3.63) is 95.1 Å². The van der Waals surface area contributed by atoms with Crippen LogP contribution in [0.15, 0.2) is 66.7 Å². The van der Waals surface area contributed by atoms with Gasteiger partial charge in [-0.15, -0.1) is 0 Å². The first kappa shape index (κ1) is 21.0. The van der Waals surface area contributed by atoms with Crippen LogP contribution < -0.4 is 4.90 Å². The average Bonchev–Trinajstić information content (AvgIpc) is 2.74. The third-order valence-electron chi connectivity index (χ3n) is 5.83. The van der Waals surface area contributed by atoms with Crippen molar-refractivity contribution in [1.82, 2.24) is 0 Å². The van der Waals surface area contributed by atoms with Crippen molar-refractivity contribution in [3.8, 4) is 5.75 Å². The summed E-state index contributed by atoms with van der Waals surface area (Å²) in [5.41, 5.74) is 2.63. The molecule has 1 aliphatic heterocycles. The van der Waals surface area contributed by atoms with Gasteiger partial charge in [-0.05, 0) is 73.4 Å². The molecule has 0 radical (unpaired) electrons. The van der Waals surface area contributed by atoms with Gasteiger partial charge in [0.05, 0.1) is 18.1 Å². The second kappa shape index (κ2) is 8.47. The summed E-state index contributed by atoms with van der Waals surface area (Å²) in [5.74, 6) is -1.29. The molecular weight excluding hydrogens is 400 g/mol. The number of aliphatic hydroxyl groups excluding tert-OH is 1. The fourth-order valence-electron chi connectivity index (χ4n) is 4.17. The van der Waals surface area contributed by atoms with Crippen LogP contribution in [0.2, 0.25) is 0 Å². The van der Waals surface area contributed by atoms with E-state index in [0.717, 1.165) is 5.56 Å². The summed E-state index contributed by atoms with van der Waals surface area (Å²) >= 11 is 0. The average molecular weight is 423 g/mol. The first-order chi connectivity index (χ1) is 14.8. The molecular formula is C25H23F2NO3. The number of aromatic hydroxyl groups is 1. The Morgan fingerprint density at radius 1 is 0.968 bits per heavy atom. The number of β-lactam (4-membered cyclic amide) rings is 1. The lowest BCUT2D eigenvalue weighted by atomic mass is 9.77. The van der Waals surface area contributed by atoms with E-state index in [0.29, 0.717) is 29.7 Å². The number of carbonyl (C=O) groups is 1. The molecule has 0 aromatic heterocycles. The van der Waals surface area contributed by atoms with Gasteiger partial charge in [0.25, 0.3) is 0 Å². The van der Waals surface area contributed by atoms with Crippen molar-refractivity contribution in [2.75, 3.05) is 4.90 Å². The Bertz CT molecular complexity index is 1080. The smallest absolute Gasteiger partial charge is 0.233 e. The number of hydrogen-bond donors (Lipinski definition) is 2. The number of halogens is 2. The molecule has 6 heteroatoms. The normalized spacial score (nSPS) is 19.2. The topological polar surface area (TPSA) is 60.8 Å². The molecule has 3 aromatic carbocycles. The number of carbonyl (C=O) groups excluding carboxylic acids is 1. The molecule has 1 saturated heterocycles. The van der Waals surface area contributed by atoms with Gasteiger partial charge >= 0.3 is 0 Å². The van der Waals surface area contributed by atoms with Gasteiger partial charge in [0.15, 0.2) is 0 Å². The van der Waals surface area contributed by atoms with E-state index in [-0.39, 0.29) is 17.5 Å². The Hall–Kier alpha value is -3.25. The lowest BCUT2D eigenvalue weighted by Gasteiger charge is -2.48. The molecule has 31 heavy (non-hydrogen) atoms. The third kappa shape index (κ3) is 4.16. The zero-order valence-corrected chi connectivity index (χ0v) is 17.0. The fourth-order valence-corrected chi connectivity index (χ4v) is 4.17. The largest absolute Gasteiger partial charge is 0.508 e. The lowest BCUT2D eigenvalue weighted by Crippen LogP contribution is -2.55. The van der Waals surface area contributed by atoms with E-state index in [1.165, 1.54) is 48.5 Å². The quantitative estimate of drug-likeness (QED) is 0.536. The molecule has 1 amide bonds. The molecule has 3 aromatic rings. The van der Waals surface area contributed by atoms with Gasteiger partial charge < -0.3 is 15.1 Å². The number of amides is 1. The minimum absolute atomic E-state index is 0.0914. The van der Waals surface area contributed by atoms with Gasteiger partial charge in [-0.3, -0.25) is 4.79 Å². The summed E-state index contributed by atoms with van der Waals surface area (Å²) in [5, 5.41) is 21.0. The van der Waals surface area contributed by atoms with E-state index in [4.69, 9.17) is 0 Å². The van der Waals surface area contributed by atoms with Crippen molar-refractivity contribution in [1.29, 1.82) is 0 Å². The second-order valence-electron chi connectivity index (χ2n) is 7.94. The van der Waals surface area contributed by atoms with E-state index in [2.05, 4.69) is 0 Å². The highest BCUT2D eigenvalue weighted by molar-refractivity contribution is 6.03. The lowest BCUT2D eigenvalue weighted by molar-refractivity contribution is -0.131. The SMILES string of the molecule is Cc1ccc(C2C(CCC(O)c3ccc(F)cc3)C(=O)N2c2ccc(F)cc2)c(O)c1. The number of aryl methyl sites for hydroxylation is 1. The molecule has 0 aliphatic carbocycles. The maximum atomic E-state index is 13.4. The first-order valence-corrected chi connectivity index (χ1v) is 10.2. The van der Waals surface area contributed by atoms with Gasteiger partial charge in [0.1, 0.15) is 17.4 Å². The number of anilines is 1. The third-order valence-corrected chi connectivity index (χ3v) is 5.83. The number of phenolic OH excluding ortho intramolecular Hbond substituents is 1. The highest BCUT2D eigenvalue weighted by atomic mass is 19.1. The summed E-state index contributed by atoms with van der Waals surface area (Å²) in [6.45, 7) is 1.86. The molecule has 0 spiro atoms. The van der Waals surface area contributed by atoms with Crippen LogP contribution in [-0.2, 0) is 4.79 Å². The molecule has 1 fully saturated rings. The van der Waals surface area contributed by atoms with Crippen LogP contribution >= 0.6 is 0 Å². The number of rotatable bonds is 6. The van der Waals surface area contributed by atoms with Crippen LogP contribution in [0, 0.1) is 24.5 Å². The maximum absolute atomic E-state index is 13.4. The Labute approximate surface area is 179 Å². The molecule has 1 aliphatic rings. The molecule has 1 heterocycles. The predicted octanol–water partition coefficient (Wildman–Crippen LogP) is 5.20. The molecule has 160 valence electrons. The van der Waals surface area contributed by atoms with Gasteiger partial charge in [0, 0.05) is 11.3 Å². The fraction of sp³-hybridized carbons (Fsp3) is 0.240. The molecule has 4 rings (SSSR count). The predicted molar refractivity (Wildman–Crippen MR) is 114 cm³/mol. The standard InChI is InChI=1S/C25H23F2NO3/c1-15-2-11-20(23(30)14-15)24-21(12-13-22(29)16-3-5-17(26)6-4-16)25(31)28(24)19-9-7-18(27)8-10-19/h2-11,14,21-22,24,29-30H,12-13H2,1H3. The summed E-state index contributed by atoms with van der Waals surface area (Å²) in [7, 11) is 0. The van der Waals surface area contributed by atoms with Gasteiger partial charge in [-0.25, -0.2) is 8.78 Å². The number of hydrogen-bond acceptors (Lipinski definition) is 3. The maximum Gasteiger partial charge on any atom is 0.233 e. The van der Waals surface area contributed by atoms with Crippen LogP contribution in [0.1, 0.15) is 41.7 Å². The van der Waals surface area contributed by atoms with E-state index in [1.54, 1.807) is 17.0 Å². The van der Waals surface area contributed by atoms with Crippen molar-refractivity contribution < 1.29 is 23.8 Å². The minimum Gasteiger partial charge on any atom is -0.508 e. The molecule has 0 bridgehead atoms. The number of phenols is 1. The zero-order valence-electron chi connectivity index (χ0n) is 17.0. The Morgan fingerprint density at radius 2 is 1.58 bits per heavy atom. The first-order valence-electron chi connectivity index (χ1n) is 10.2. The summed E-state index contributed by atoms with van der Waals surface area (Å²) in [6, 6.07) is 16.2. The summed E-state index contributed by atoms with van der Waals surface area (Å²) in [4.78, 5) is 14.6. The Kier molecular flexibility index (Phi) is 5.74. The van der Waals surface area contributed by atoms with Crippen LogP contribution in [0.25, 0.3) is 0 Å². The van der Waals surface area contributed by atoms with Crippen LogP contribution in [0.5, 0.6) is 5.75 Å². The van der Waals surface area contributed by atoms with E-state index < -0.39 is 23.9 Å². The molecule has 3 atom stereocenters. The summed E-state index contributed by atoms with van der Waals surface area (Å²) < 4.78 is 26.5. The number of benzene rings is 3. The van der Waals surface area contributed by atoms with E-state index >= 15 is 0 Å². The van der Waals surface area contributed by atoms with Crippen molar-refractivity contribution in [2.24, 2.45) is 5.92 Å². The van der Waals surface area contributed by atoms with E-state index in [1.807, 2.05) is 13.0 Å². The van der Waals surface area contributed by atoms with Crippen molar-refractivity contribution in [3.63, 3.8) is 0 Å². The van der Waals surface area contributed by atoms with Crippen LogP contribution in [-0.4, -0.2) is 16.1 Å². The Morgan fingerprint density at radius 3 is 2.19 bits per heavy atom. The second-order valence-corrected chi connectivity index (χ2v) is 7.94. The molecule has 4 nitrogen and oxygen atoms in total. The highest BCUT2D eigenvalue weighted by Gasteiger charge is 2.49. The van der Waals surface area contributed by atoms with Gasteiger partial charge in [0.2, 0.25) is 5.91 Å². The molecule has 0 saturated carbocycles. The van der Waals surface area contributed by atoms with Gasteiger partial charge in [-0.2, -0.15) is 0 Å². The van der Waals surface area contributed by atoms with Gasteiger partial charge in [-0.1, -0.05) is 24.3 Å².